The van der Waals surface area contributed by atoms with Crippen LogP contribution in [0, 0.1) is 12.3 Å². The minimum absolute atomic E-state index is 0.0275. The number of nitrogens with one attached hydrogen (secondary N) is 2. The van der Waals surface area contributed by atoms with E-state index in [9.17, 15) is 10.2 Å². The maximum Gasteiger partial charge on any atom is 0.122 e. The first kappa shape index (κ1) is 13.3. The first-order valence-electron chi connectivity index (χ1n) is 4.45. The molecule has 16 heavy (non-hydrogen) atoms. The molecule has 1 unspecified atom stereocenters. The summed E-state index contributed by atoms with van der Waals surface area (Å²) in [6.45, 7) is 1.63. The van der Waals surface area contributed by atoms with Crippen molar-refractivity contribution < 1.29 is 10.2 Å². The Morgan fingerprint density at radius 3 is 2.44 bits per heavy atom. The van der Waals surface area contributed by atoms with Crippen molar-refractivity contribution >= 4 is 40.2 Å². The predicted molar refractivity (Wildman–Crippen MR) is 76.7 cm³/mol. The summed E-state index contributed by atoms with van der Waals surface area (Å²) in [6.07, 6.45) is 3.36. The van der Waals surface area contributed by atoms with Crippen LogP contribution in [0.15, 0.2) is 18.3 Å². The van der Waals surface area contributed by atoms with Gasteiger partial charge in [-0.2, -0.15) is 0 Å². The Labute approximate surface area is 109 Å². The molecular weight excluding hydrogens is 338 g/mol. The summed E-state index contributed by atoms with van der Waals surface area (Å²) in [4.78, 5) is 0. The largest absolute Gasteiger partial charge is 0.508 e. The number of hydrogen-bond acceptors (Lipinski definition) is 4. The Hall–Kier alpha value is -0.810. The lowest BCUT2D eigenvalue weighted by molar-refractivity contribution is 0.443. The van der Waals surface area contributed by atoms with Gasteiger partial charge in [-0.05, 0) is 46.7 Å². The van der Waals surface area contributed by atoms with E-state index in [0.29, 0.717) is 23.1 Å². The van der Waals surface area contributed by atoms with Gasteiger partial charge in [0, 0.05) is 29.9 Å². The fraction of sp³-hybridized carbons (Fsp3) is 0.100. The molecule has 1 atom stereocenters. The van der Waals surface area contributed by atoms with Crippen LogP contribution in [0.2, 0.25) is 0 Å². The van der Waals surface area contributed by atoms with Crippen LogP contribution < -0.4 is 5.09 Å². The highest BCUT2D eigenvalue weighted by Gasteiger charge is 2.07. The Morgan fingerprint density at radius 2 is 2.00 bits per heavy atom. The van der Waals surface area contributed by atoms with Gasteiger partial charge in [0.15, 0.2) is 0 Å². The number of phenolic OH excluding ortho intramolecular Hbond substituents is 2. The van der Waals surface area contributed by atoms with E-state index in [2.05, 4.69) is 27.1 Å². The second-order valence-corrected chi connectivity index (χ2v) is 5.22. The molecular formula is C10H12IN2O2P. The zero-order valence-electron chi connectivity index (χ0n) is 8.58. The van der Waals surface area contributed by atoms with Crippen molar-refractivity contribution in [2.24, 2.45) is 0 Å². The highest BCUT2D eigenvalue weighted by atomic mass is 127. The van der Waals surface area contributed by atoms with E-state index in [1.165, 1.54) is 18.3 Å². The smallest absolute Gasteiger partial charge is 0.122 e. The SMILES string of the molecule is Cc1c(O)cc(/C(C=N)=C/NPI)cc1O. The molecule has 0 amide bonds. The predicted octanol–water partition coefficient (Wildman–Crippen LogP) is 2.93. The summed E-state index contributed by atoms with van der Waals surface area (Å²) < 4.78 is 0. The van der Waals surface area contributed by atoms with Crippen LogP contribution in [0.1, 0.15) is 11.1 Å². The van der Waals surface area contributed by atoms with E-state index in [1.54, 1.807) is 13.1 Å². The molecule has 0 saturated carbocycles. The van der Waals surface area contributed by atoms with Crippen molar-refractivity contribution in [2.75, 3.05) is 0 Å². The molecule has 0 fully saturated rings. The second kappa shape index (κ2) is 6.06. The first-order chi connectivity index (χ1) is 7.60. The quantitative estimate of drug-likeness (QED) is 0.383. The summed E-state index contributed by atoms with van der Waals surface area (Å²) in [6, 6.07) is 3.06. The lowest BCUT2D eigenvalue weighted by atomic mass is 10.0. The number of aromatic hydroxyl groups is 2. The van der Waals surface area contributed by atoms with E-state index >= 15 is 0 Å². The molecule has 4 N–H and O–H groups in total. The molecule has 0 saturated heterocycles. The maximum absolute atomic E-state index is 9.57. The van der Waals surface area contributed by atoms with Crippen molar-refractivity contribution in [3.05, 3.63) is 29.5 Å². The van der Waals surface area contributed by atoms with Crippen LogP contribution >= 0.6 is 28.4 Å². The van der Waals surface area contributed by atoms with Gasteiger partial charge in [-0.15, -0.1) is 0 Å². The Balaban J connectivity index is 3.16. The van der Waals surface area contributed by atoms with Crippen LogP contribution in [0.25, 0.3) is 5.57 Å². The van der Waals surface area contributed by atoms with E-state index in [4.69, 9.17) is 5.41 Å². The molecule has 0 aliphatic heterocycles. The molecule has 0 radical (unpaired) electrons. The molecule has 1 aromatic rings. The van der Waals surface area contributed by atoms with Crippen LogP contribution in [-0.4, -0.2) is 16.4 Å². The van der Waals surface area contributed by atoms with Gasteiger partial charge in [0.25, 0.3) is 0 Å². The van der Waals surface area contributed by atoms with Crippen molar-refractivity contribution in [1.82, 2.24) is 5.09 Å². The zero-order chi connectivity index (χ0) is 12.1. The molecule has 0 heterocycles. The minimum atomic E-state index is 0.0275. The lowest BCUT2D eigenvalue weighted by Crippen LogP contribution is -1.93. The van der Waals surface area contributed by atoms with Gasteiger partial charge in [-0.3, -0.25) is 0 Å². The van der Waals surface area contributed by atoms with Gasteiger partial charge in [0.05, 0.1) is 0 Å². The molecule has 0 aliphatic rings. The normalized spacial score (nSPS) is 12.0. The number of rotatable bonds is 4. The molecule has 0 aromatic heterocycles. The monoisotopic (exact) mass is 350 g/mol. The molecule has 6 heteroatoms. The van der Waals surface area contributed by atoms with Gasteiger partial charge in [-0.1, -0.05) is 0 Å². The van der Waals surface area contributed by atoms with Gasteiger partial charge >= 0.3 is 0 Å². The highest BCUT2D eigenvalue weighted by molar-refractivity contribution is 14.2. The Morgan fingerprint density at radius 1 is 1.44 bits per heavy atom. The van der Waals surface area contributed by atoms with Crippen molar-refractivity contribution in [1.29, 1.82) is 5.41 Å². The topological polar surface area (TPSA) is 76.3 Å². The highest BCUT2D eigenvalue weighted by Crippen LogP contribution is 2.30. The molecule has 1 rings (SSSR count). The van der Waals surface area contributed by atoms with Gasteiger partial charge in [0.1, 0.15) is 11.5 Å². The number of halogens is 1. The number of phenols is 2. The second-order valence-electron chi connectivity index (χ2n) is 3.12. The van der Waals surface area contributed by atoms with E-state index in [-0.39, 0.29) is 11.5 Å². The van der Waals surface area contributed by atoms with Crippen LogP contribution in [0.4, 0.5) is 0 Å². The third-order valence-electron chi connectivity index (χ3n) is 2.12. The summed E-state index contributed by atoms with van der Waals surface area (Å²) in [5.41, 5.74) is 1.66. The fourth-order valence-corrected chi connectivity index (χ4v) is 1.84. The first-order valence-corrected chi connectivity index (χ1v) is 8.56. The molecule has 0 spiro atoms. The summed E-state index contributed by atoms with van der Waals surface area (Å²) in [5, 5.41) is 29.4. The molecule has 86 valence electrons. The van der Waals surface area contributed by atoms with Crippen LogP contribution in [0.5, 0.6) is 11.5 Å². The van der Waals surface area contributed by atoms with Gasteiger partial charge < -0.3 is 20.7 Å². The van der Waals surface area contributed by atoms with E-state index < -0.39 is 0 Å². The maximum atomic E-state index is 9.57. The summed E-state index contributed by atoms with van der Waals surface area (Å²) in [5.74, 6) is 0.0549. The molecule has 1 aromatic carbocycles. The number of allylic oxidation sites excluding steroid dienone is 1. The summed E-state index contributed by atoms with van der Waals surface area (Å²) >= 11 is 2.17. The number of hydrogen-bond donors (Lipinski definition) is 4. The van der Waals surface area contributed by atoms with Crippen molar-refractivity contribution in [3.63, 3.8) is 0 Å². The van der Waals surface area contributed by atoms with Crippen molar-refractivity contribution in [3.8, 4) is 11.5 Å². The lowest BCUT2D eigenvalue weighted by Gasteiger charge is -2.07. The summed E-state index contributed by atoms with van der Waals surface area (Å²) in [7, 11) is 0. The standard InChI is InChI=1S/C10H12IN2O2P/c1-6-9(14)2-7(3-10(6)15)8(4-12)5-13-16-11/h2-5,12-16H,1H3/b8-5+,12-4?. The average Bonchev–Trinajstić information content (AvgIpc) is 2.26. The average molecular weight is 350 g/mol. The number of benzene rings is 1. The molecule has 0 aliphatic carbocycles. The third kappa shape index (κ3) is 3.09. The zero-order valence-corrected chi connectivity index (χ0v) is 11.7. The third-order valence-corrected chi connectivity index (χ3v) is 3.31. The Bertz CT molecular complexity index is 412. The van der Waals surface area contributed by atoms with Crippen LogP contribution in [0.3, 0.4) is 0 Å². The van der Waals surface area contributed by atoms with Gasteiger partial charge in [0.2, 0.25) is 0 Å². The van der Waals surface area contributed by atoms with Gasteiger partial charge in [-0.25, -0.2) is 0 Å². The van der Waals surface area contributed by atoms with Crippen LogP contribution in [-0.2, 0) is 0 Å². The van der Waals surface area contributed by atoms with Crippen molar-refractivity contribution in [2.45, 2.75) is 6.92 Å². The van der Waals surface area contributed by atoms with E-state index in [1.807, 2.05) is 0 Å². The molecule has 4 nitrogen and oxygen atoms in total. The molecule has 0 bridgehead atoms. The Kier molecular flexibility index (Phi) is 5.02. The minimum Gasteiger partial charge on any atom is -0.508 e. The fourth-order valence-electron chi connectivity index (χ4n) is 1.16. The van der Waals surface area contributed by atoms with E-state index in [0.717, 1.165) is 0 Å².